The summed E-state index contributed by atoms with van der Waals surface area (Å²) in [5, 5.41) is 1.46. The van der Waals surface area contributed by atoms with Crippen molar-refractivity contribution in [3.8, 4) is 0 Å². The number of hydrogen-bond donors (Lipinski definition) is 0. The molecule has 67 heavy (non-hydrogen) atoms. The first-order valence-corrected chi connectivity index (χ1v) is 23.5. The number of fused-ring (bicyclic) bond motifs is 1. The quantitative estimate of drug-likeness (QED) is 0.0368. The van der Waals surface area contributed by atoms with E-state index in [0.717, 1.165) is 12.6 Å². The Morgan fingerprint density at radius 3 is 1.07 bits per heavy atom. The number of benzene rings is 4. The van der Waals surface area contributed by atoms with Gasteiger partial charge in [-0.25, -0.2) is 65.9 Å². The summed E-state index contributed by atoms with van der Waals surface area (Å²) in [6.07, 6.45) is -3.94. The fraction of sp³-hybridized carbons (Fsp3) is 0.419. The van der Waals surface area contributed by atoms with Gasteiger partial charge in [-0.3, -0.25) is 4.79 Å². The minimum atomic E-state index is -6.27. The first kappa shape index (κ1) is 57.7. The molecule has 0 unspecified atom stereocenters. The molecule has 0 bridgehead atoms. The number of nitrogens with zero attached hydrogens (tertiary/aromatic N) is 2. The standard InChI is InChI=1S/C24H44BN2P2.C19HBF15O2.Ni/c1-21(2,3)28(22(4,5)6)17-26-19-15-13-14-16-20(19)27(25-26)18-29(23(7,8)9)24(10,11)12;21-5-2(6(22)12(28)17(33)11(5)27)20(37-1-36,3-7(23)13(29)18(34)14(30)8(3)24)4-9(25)15(31)19(35)16(32)10(4)26;/h13-16H,17-18H2,1-12H3;1H;/q+1;-1;/p+2. The molecular weight excluding hydrogens is 1000 g/mol. The maximum atomic E-state index is 14.8. The summed E-state index contributed by atoms with van der Waals surface area (Å²) in [6, 6.07) is 9.03. The second-order valence-electron chi connectivity index (χ2n) is 19.8. The third-order valence-electron chi connectivity index (χ3n) is 11.3. The molecule has 5 aromatic rings. The van der Waals surface area contributed by atoms with E-state index >= 15 is 0 Å². The molecule has 0 amide bonds. The van der Waals surface area contributed by atoms with E-state index in [1.54, 1.807) is 0 Å². The summed E-state index contributed by atoms with van der Waals surface area (Å²) in [5.74, 6) is -48.1. The van der Waals surface area contributed by atoms with Crippen LogP contribution in [0, 0.1) is 87.3 Å². The summed E-state index contributed by atoms with van der Waals surface area (Å²) >= 11 is 0. The van der Waals surface area contributed by atoms with Gasteiger partial charge in [0.2, 0.25) is 6.47 Å². The van der Waals surface area contributed by atoms with Crippen LogP contribution in [-0.2, 0) is 38.5 Å². The number of rotatable bonds is 9. The number of hydrogen-bond acceptors (Lipinski definition) is 2. The van der Waals surface area contributed by atoms with Crippen molar-refractivity contribution in [2.75, 3.05) is 0 Å². The van der Waals surface area contributed by atoms with Gasteiger partial charge in [0, 0.05) is 16.5 Å². The predicted octanol–water partition coefficient (Wildman–Crippen LogP) is 10.7. The average Bonchev–Trinajstić information content (AvgIpc) is 3.56. The van der Waals surface area contributed by atoms with Crippen molar-refractivity contribution in [2.45, 2.75) is 116 Å². The van der Waals surface area contributed by atoms with E-state index in [1.807, 2.05) is 0 Å². The summed E-state index contributed by atoms with van der Waals surface area (Å²) in [6.45, 7) is 27.9. The summed E-state index contributed by atoms with van der Waals surface area (Å²) in [7, 11) is 1.18. The maximum absolute atomic E-state index is 14.8. The fourth-order valence-electron chi connectivity index (χ4n) is 8.69. The van der Waals surface area contributed by atoms with Gasteiger partial charge in [-0.15, -0.1) is 0 Å². The minimum Gasteiger partial charge on any atom is -0.678 e. The maximum Gasteiger partial charge on any atom is 0.267 e. The van der Waals surface area contributed by atoms with Gasteiger partial charge in [-0.05, 0) is 0 Å². The van der Waals surface area contributed by atoms with Crippen molar-refractivity contribution in [3.63, 3.8) is 0 Å². The second-order valence-corrected chi connectivity index (χ2v) is 28.3. The Morgan fingerprint density at radius 1 is 0.507 bits per heavy atom. The van der Waals surface area contributed by atoms with Crippen LogP contribution in [0.15, 0.2) is 24.3 Å². The van der Waals surface area contributed by atoms with E-state index in [2.05, 4.69) is 128 Å². The smallest absolute Gasteiger partial charge is 0.267 e. The van der Waals surface area contributed by atoms with Gasteiger partial charge in [0.25, 0.3) is 6.35 Å². The van der Waals surface area contributed by atoms with Gasteiger partial charge < -0.3 is 4.65 Å². The molecular formula is C43H47B2F15N2NiO2P2+2. The van der Waals surface area contributed by atoms with Crippen molar-refractivity contribution in [2.24, 2.45) is 0 Å². The monoisotopic (exact) mass is 1050 g/mol. The van der Waals surface area contributed by atoms with E-state index in [1.165, 1.54) is 11.0 Å². The van der Waals surface area contributed by atoms with Crippen LogP contribution < -0.4 is 20.9 Å². The number of carbonyl (C=O) groups is 1. The second kappa shape index (κ2) is 20.4. The molecule has 1 heterocycles. The number of aromatic nitrogens is 2. The van der Waals surface area contributed by atoms with Crippen LogP contribution in [0.25, 0.3) is 11.0 Å². The Bertz CT molecular complexity index is 2350. The molecule has 4 aromatic carbocycles. The minimum absolute atomic E-state index is 0. The molecule has 24 heteroatoms. The van der Waals surface area contributed by atoms with Crippen LogP contribution in [0.1, 0.15) is 83.1 Å². The van der Waals surface area contributed by atoms with Gasteiger partial charge in [0.1, 0.15) is 34.9 Å². The first-order chi connectivity index (χ1) is 30.0. The van der Waals surface area contributed by atoms with Crippen LogP contribution in [0.3, 0.4) is 0 Å². The molecule has 0 saturated carbocycles. The summed E-state index contributed by atoms with van der Waals surface area (Å²) in [4.78, 5) is 11.2. The van der Waals surface area contributed by atoms with Crippen molar-refractivity contribution in [1.82, 2.24) is 4.47 Å². The van der Waals surface area contributed by atoms with E-state index in [4.69, 9.17) is 0 Å². The van der Waals surface area contributed by atoms with Gasteiger partial charge in [0.15, 0.2) is 52.4 Å². The van der Waals surface area contributed by atoms with Crippen LogP contribution >= 0.6 is 15.8 Å². The zero-order valence-electron chi connectivity index (χ0n) is 38.2. The number of carbonyl (C=O) groups excluding carboxylic acids is 1. The topological polar surface area (TPSA) is 35.1 Å². The molecule has 0 aliphatic heterocycles. The molecule has 0 spiro atoms. The van der Waals surface area contributed by atoms with Crippen LogP contribution in [0.5, 0.6) is 0 Å². The first-order valence-electron chi connectivity index (χ1n) is 20.0. The van der Waals surface area contributed by atoms with E-state index in [9.17, 15) is 70.7 Å². The van der Waals surface area contributed by atoms with Crippen molar-refractivity contribution < 1.29 is 96.3 Å². The van der Waals surface area contributed by atoms with Crippen molar-refractivity contribution in [1.29, 1.82) is 0 Å². The molecule has 0 N–H and O–H groups in total. The predicted molar refractivity (Wildman–Crippen MR) is 230 cm³/mol. The molecule has 0 radical (unpaired) electrons. The molecule has 0 saturated heterocycles. The molecule has 0 aliphatic rings. The average molecular weight is 1050 g/mol. The van der Waals surface area contributed by atoms with Gasteiger partial charge in [-0.2, -0.15) is 0 Å². The number of para-hydroxylation sites is 2. The van der Waals surface area contributed by atoms with Gasteiger partial charge in [0.05, 0.1) is 0 Å². The Balaban J connectivity index is 0.000000360. The normalized spacial score (nSPS) is 12.7. The molecule has 0 aliphatic carbocycles. The SMILES string of the molecule is CC(C)(C)[PH+](Cn1b[n+](C[PH+](C(C)(C)C)C(C)(C)C)c2ccccc21)C(C)(C)C.O=CO[B-](c1c(F)c(F)c(F)c(F)c1F)(c1c(F)c(F)c(F)c(F)c1F)c1c(F)c(F)c(F)c(F)c1F.[Ni]. The van der Waals surface area contributed by atoms with Crippen molar-refractivity contribution >= 4 is 63.3 Å². The van der Waals surface area contributed by atoms with E-state index in [-0.39, 0.29) is 16.5 Å². The Hall–Kier alpha value is -3.62. The van der Waals surface area contributed by atoms with Crippen LogP contribution in [0.2, 0.25) is 0 Å². The molecule has 1 aromatic heterocycles. The van der Waals surface area contributed by atoms with Gasteiger partial charge >= 0.3 is 184 Å². The third kappa shape index (κ3) is 10.8. The van der Waals surface area contributed by atoms with Gasteiger partial charge in [-0.1, -0.05) is 16.4 Å². The number of halogens is 15. The Labute approximate surface area is 390 Å². The summed E-state index contributed by atoms with van der Waals surface area (Å²) < 4.78 is 222. The zero-order chi connectivity index (χ0) is 50.7. The molecule has 0 fully saturated rings. The zero-order valence-corrected chi connectivity index (χ0v) is 41.1. The van der Waals surface area contributed by atoms with Crippen molar-refractivity contribution in [3.05, 3.63) is 112 Å². The van der Waals surface area contributed by atoms with E-state index in [0.29, 0.717) is 20.6 Å². The summed E-state index contributed by atoms with van der Waals surface area (Å²) in [5.41, 5.74) is -6.31. The Morgan fingerprint density at radius 2 is 0.791 bits per heavy atom. The molecule has 0 atom stereocenters. The third-order valence-corrected chi connectivity index (χ3v) is 19.8. The molecule has 5 rings (SSSR count). The molecule has 370 valence electrons. The van der Waals surface area contributed by atoms with Crippen LogP contribution in [0.4, 0.5) is 65.9 Å². The van der Waals surface area contributed by atoms with Crippen LogP contribution in [-0.4, -0.2) is 45.1 Å². The van der Waals surface area contributed by atoms with E-state index < -0.39 is 132 Å². The molecule has 4 nitrogen and oxygen atoms in total. The fourth-order valence-corrected chi connectivity index (χ4v) is 16.3. The Kier molecular flexibility index (Phi) is 17.6. The largest absolute Gasteiger partial charge is 0.678 e.